The Kier molecular flexibility index (Phi) is 3.69. The summed E-state index contributed by atoms with van der Waals surface area (Å²) in [7, 11) is 1.29. The van der Waals surface area contributed by atoms with Crippen LogP contribution in [0.15, 0.2) is 28.8 Å². The Balaban J connectivity index is 2.71. The quantitative estimate of drug-likeness (QED) is 0.864. The average molecular weight is 274 g/mol. The SMILES string of the molecule is C=Cc1cc(-c2ncnc(OC)c2F)[nH]c(=O)c1N=C. The summed E-state index contributed by atoms with van der Waals surface area (Å²) in [5.74, 6) is -0.970. The van der Waals surface area contributed by atoms with Crippen LogP contribution < -0.4 is 10.3 Å². The van der Waals surface area contributed by atoms with Gasteiger partial charge in [0, 0.05) is 5.56 Å². The van der Waals surface area contributed by atoms with Gasteiger partial charge in [0.25, 0.3) is 11.4 Å². The van der Waals surface area contributed by atoms with Gasteiger partial charge in [-0.05, 0) is 12.8 Å². The topological polar surface area (TPSA) is 80.2 Å². The van der Waals surface area contributed by atoms with Crippen molar-refractivity contribution in [1.29, 1.82) is 0 Å². The third kappa shape index (κ3) is 2.20. The Morgan fingerprint density at radius 3 is 2.85 bits per heavy atom. The first-order valence-corrected chi connectivity index (χ1v) is 5.53. The first-order valence-electron chi connectivity index (χ1n) is 5.53. The summed E-state index contributed by atoms with van der Waals surface area (Å²) in [6.45, 7) is 6.89. The molecule has 0 bridgehead atoms. The third-order valence-electron chi connectivity index (χ3n) is 2.62. The van der Waals surface area contributed by atoms with Crippen LogP contribution in [0, 0.1) is 5.82 Å². The van der Waals surface area contributed by atoms with Crippen molar-refractivity contribution < 1.29 is 9.13 Å². The molecule has 0 spiro atoms. The van der Waals surface area contributed by atoms with Gasteiger partial charge in [-0.1, -0.05) is 12.7 Å². The number of nitrogens with one attached hydrogen (secondary N) is 1. The Morgan fingerprint density at radius 2 is 2.25 bits per heavy atom. The molecule has 7 heteroatoms. The number of ether oxygens (including phenoxy) is 1. The van der Waals surface area contributed by atoms with Gasteiger partial charge in [-0.15, -0.1) is 0 Å². The number of rotatable bonds is 4. The van der Waals surface area contributed by atoms with Gasteiger partial charge in [-0.3, -0.25) is 9.79 Å². The number of hydrogen-bond acceptors (Lipinski definition) is 5. The van der Waals surface area contributed by atoms with E-state index in [1.54, 1.807) is 0 Å². The summed E-state index contributed by atoms with van der Waals surface area (Å²) in [5.41, 5.74) is 0.133. The summed E-state index contributed by atoms with van der Waals surface area (Å²) in [4.78, 5) is 25.4. The van der Waals surface area contributed by atoms with Crippen LogP contribution in [-0.4, -0.2) is 28.8 Å². The van der Waals surface area contributed by atoms with Crippen molar-refractivity contribution in [3.63, 3.8) is 0 Å². The molecular formula is C13H11FN4O2. The van der Waals surface area contributed by atoms with E-state index >= 15 is 0 Å². The molecule has 0 radical (unpaired) electrons. The third-order valence-corrected chi connectivity index (χ3v) is 2.62. The first-order chi connectivity index (χ1) is 9.62. The van der Waals surface area contributed by atoms with Gasteiger partial charge in [-0.25, -0.2) is 4.98 Å². The second kappa shape index (κ2) is 5.43. The van der Waals surface area contributed by atoms with Crippen LogP contribution in [0.25, 0.3) is 17.5 Å². The van der Waals surface area contributed by atoms with Gasteiger partial charge in [0.05, 0.1) is 12.8 Å². The molecular weight excluding hydrogens is 263 g/mol. The van der Waals surface area contributed by atoms with Crippen LogP contribution >= 0.6 is 0 Å². The lowest BCUT2D eigenvalue weighted by atomic mass is 10.1. The maximum absolute atomic E-state index is 14.1. The minimum absolute atomic E-state index is 0.0762. The van der Waals surface area contributed by atoms with Crippen LogP contribution in [-0.2, 0) is 0 Å². The molecule has 2 rings (SSSR count). The van der Waals surface area contributed by atoms with E-state index in [9.17, 15) is 9.18 Å². The predicted octanol–water partition coefficient (Wildman–Crippen LogP) is 1.95. The molecule has 0 amide bonds. The van der Waals surface area contributed by atoms with E-state index in [4.69, 9.17) is 4.74 Å². The summed E-state index contributed by atoms with van der Waals surface area (Å²) >= 11 is 0. The zero-order chi connectivity index (χ0) is 14.7. The Morgan fingerprint density at radius 1 is 1.50 bits per heavy atom. The molecule has 0 aliphatic carbocycles. The number of halogens is 1. The second-order valence-corrected chi connectivity index (χ2v) is 3.72. The molecule has 0 saturated heterocycles. The van der Waals surface area contributed by atoms with Crippen molar-refractivity contribution in [2.45, 2.75) is 0 Å². The average Bonchev–Trinajstić information content (AvgIpc) is 2.46. The predicted molar refractivity (Wildman–Crippen MR) is 73.9 cm³/mol. The zero-order valence-corrected chi connectivity index (χ0v) is 10.7. The molecule has 2 aromatic heterocycles. The second-order valence-electron chi connectivity index (χ2n) is 3.72. The summed E-state index contributed by atoms with van der Waals surface area (Å²) in [6, 6.07) is 1.50. The molecule has 6 nitrogen and oxygen atoms in total. The van der Waals surface area contributed by atoms with Crippen LogP contribution in [0.2, 0.25) is 0 Å². The van der Waals surface area contributed by atoms with Gasteiger partial charge in [0.2, 0.25) is 5.82 Å². The van der Waals surface area contributed by atoms with Gasteiger partial charge in [-0.2, -0.15) is 9.37 Å². The number of H-pyrrole nitrogens is 1. The Labute approximate surface area is 113 Å². The normalized spacial score (nSPS) is 10.1. The summed E-state index contributed by atoms with van der Waals surface area (Å²) < 4.78 is 18.8. The number of nitrogens with zero attached hydrogens (tertiary/aromatic N) is 3. The van der Waals surface area contributed by atoms with Crippen molar-refractivity contribution in [2.75, 3.05) is 7.11 Å². The Bertz CT molecular complexity index is 740. The number of aromatic amines is 1. The van der Waals surface area contributed by atoms with Crippen molar-refractivity contribution in [3.05, 3.63) is 40.7 Å². The number of methoxy groups -OCH3 is 1. The summed E-state index contributed by atoms with van der Waals surface area (Å²) in [5, 5.41) is 0. The van der Waals surface area contributed by atoms with Crippen molar-refractivity contribution >= 4 is 18.5 Å². The van der Waals surface area contributed by atoms with Gasteiger partial charge < -0.3 is 9.72 Å². The molecule has 1 N–H and O–H groups in total. The molecule has 20 heavy (non-hydrogen) atoms. The lowest BCUT2D eigenvalue weighted by molar-refractivity contribution is 0.368. The van der Waals surface area contributed by atoms with E-state index in [0.29, 0.717) is 5.56 Å². The van der Waals surface area contributed by atoms with E-state index < -0.39 is 11.4 Å². The van der Waals surface area contributed by atoms with E-state index in [0.717, 1.165) is 6.33 Å². The van der Waals surface area contributed by atoms with Gasteiger partial charge in [0.15, 0.2) is 0 Å². The smallest absolute Gasteiger partial charge is 0.274 e. The van der Waals surface area contributed by atoms with Crippen molar-refractivity contribution in [2.24, 2.45) is 4.99 Å². The minimum Gasteiger partial charge on any atom is -0.479 e. The summed E-state index contributed by atoms with van der Waals surface area (Å²) in [6.07, 6.45) is 2.57. The van der Waals surface area contributed by atoms with Crippen LogP contribution in [0.5, 0.6) is 5.88 Å². The fraction of sp³-hybridized carbons (Fsp3) is 0.0769. The highest BCUT2D eigenvalue weighted by Gasteiger charge is 2.16. The van der Waals surface area contributed by atoms with Crippen LogP contribution in [0.1, 0.15) is 5.56 Å². The number of aliphatic imine (C=N–C) groups is 1. The lowest BCUT2D eigenvalue weighted by Crippen LogP contribution is -2.09. The highest BCUT2D eigenvalue weighted by atomic mass is 19.1. The molecule has 0 saturated carbocycles. The zero-order valence-electron chi connectivity index (χ0n) is 10.7. The maximum Gasteiger partial charge on any atom is 0.274 e. The molecule has 2 aromatic rings. The van der Waals surface area contributed by atoms with E-state index in [2.05, 4.69) is 33.2 Å². The molecule has 0 atom stereocenters. The standard InChI is InChI=1S/C13H11FN4O2/c1-4-7-5-8(18-12(19)10(7)15-2)11-9(14)13(20-3)17-6-16-11/h4-6H,1-2H2,3H3,(H,18,19). The molecule has 102 valence electrons. The molecule has 0 aliphatic heterocycles. The number of pyridine rings is 1. The fourth-order valence-electron chi connectivity index (χ4n) is 1.70. The lowest BCUT2D eigenvalue weighted by Gasteiger charge is -2.07. The fourth-order valence-corrected chi connectivity index (χ4v) is 1.70. The van der Waals surface area contributed by atoms with Crippen molar-refractivity contribution in [1.82, 2.24) is 15.0 Å². The Hall–Kier alpha value is -2.83. The van der Waals surface area contributed by atoms with Crippen molar-refractivity contribution in [3.8, 4) is 17.3 Å². The molecule has 2 heterocycles. The van der Waals surface area contributed by atoms with E-state index in [1.807, 2.05) is 0 Å². The number of aromatic nitrogens is 3. The molecule has 0 aromatic carbocycles. The highest BCUT2D eigenvalue weighted by molar-refractivity contribution is 5.69. The first kappa shape index (κ1) is 13.6. The monoisotopic (exact) mass is 274 g/mol. The number of hydrogen-bond donors (Lipinski definition) is 1. The van der Waals surface area contributed by atoms with E-state index in [1.165, 1.54) is 19.3 Å². The van der Waals surface area contributed by atoms with Crippen LogP contribution in [0.4, 0.5) is 10.1 Å². The minimum atomic E-state index is -0.764. The van der Waals surface area contributed by atoms with Gasteiger partial charge in [0.1, 0.15) is 17.7 Å². The van der Waals surface area contributed by atoms with Gasteiger partial charge >= 0.3 is 0 Å². The van der Waals surface area contributed by atoms with Crippen LogP contribution in [0.3, 0.4) is 0 Å². The highest BCUT2D eigenvalue weighted by Crippen LogP contribution is 2.25. The molecule has 0 unspecified atom stereocenters. The van der Waals surface area contributed by atoms with E-state index in [-0.39, 0.29) is 23.0 Å². The maximum atomic E-state index is 14.1. The molecule has 0 aliphatic rings. The molecule has 0 fully saturated rings. The largest absolute Gasteiger partial charge is 0.479 e.